The number of hydrogen-bond donors (Lipinski definition) is 0. The lowest BCUT2D eigenvalue weighted by Gasteiger charge is -2.26. The van der Waals surface area contributed by atoms with Crippen LogP contribution in [-0.4, -0.2) is 0 Å². The summed E-state index contributed by atoms with van der Waals surface area (Å²) < 4.78 is 2.68. The highest BCUT2D eigenvalue weighted by molar-refractivity contribution is 7.26. The van der Waals surface area contributed by atoms with Gasteiger partial charge in [-0.15, -0.1) is 11.3 Å². The monoisotopic (exact) mass is 527 g/mol. The van der Waals surface area contributed by atoms with Gasteiger partial charge in [-0.05, 0) is 81.2 Å². The zero-order valence-electron chi connectivity index (χ0n) is 21.8. The largest absolute Gasteiger partial charge is 0.310 e. The molecule has 0 fully saturated rings. The van der Waals surface area contributed by atoms with Crippen molar-refractivity contribution in [2.75, 3.05) is 4.90 Å². The molecule has 7 aromatic carbocycles. The Kier molecular flexibility index (Phi) is 5.39. The second kappa shape index (κ2) is 9.37. The Balaban J connectivity index is 1.26. The summed E-state index contributed by atoms with van der Waals surface area (Å²) in [6.07, 6.45) is 0. The number of hydrogen-bond acceptors (Lipinski definition) is 2. The van der Waals surface area contributed by atoms with Crippen molar-refractivity contribution < 1.29 is 0 Å². The van der Waals surface area contributed by atoms with Gasteiger partial charge in [-0.2, -0.15) is 0 Å². The fourth-order valence-corrected chi connectivity index (χ4v) is 7.09. The van der Waals surface area contributed by atoms with Gasteiger partial charge in [0.2, 0.25) is 0 Å². The van der Waals surface area contributed by atoms with Gasteiger partial charge in [-0.25, -0.2) is 0 Å². The van der Waals surface area contributed by atoms with Crippen LogP contribution in [0.25, 0.3) is 52.8 Å². The topological polar surface area (TPSA) is 3.24 Å². The lowest BCUT2D eigenvalue weighted by molar-refractivity contribution is 1.29. The highest BCUT2D eigenvalue weighted by Gasteiger charge is 2.15. The van der Waals surface area contributed by atoms with Crippen LogP contribution >= 0.6 is 11.3 Å². The molecule has 8 aromatic rings. The summed E-state index contributed by atoms with van der Waals surface area (Å²) in [4.78, 5) is 2.35. The van der Waals surface area contributed by atoms with Crippen LogP contribution in [-0.2, 0) is 0 Å². The van der Waals surface area contributed by atoms with Crippen LogP contribution in [0.2, 0.25) is 0 Å². The summed E-state index contributed by atoms with van der Waals surface area (Å²) in [5.41, 5.74) is 5.90. The first kappa shape index (κ1) is 23.0. The lowest BCUT2D eigenvalue weighted by Crippen LogP contribution is -2.09. The van der Waals surface area contributed by atoms with E-state index in [0.717, 1.165) is 17.1 Å². The molecule has 0 bridgehead atoms. The Morgan fingerprint density at radius 1 is 0.400 bits per heavy atom. The maximum atomic E-state index is 2.35. The van der Waals surface area contributed by atoms with E-state index in [1.807, 2.05) is 11.3 Å². The van der Waals surface area contributed by atoms with Crippen LogP contribution in [0, 0.1) is 0 Å². The molecule has 0 saturated heterocycles. The van der Waals surface area contributed by atoms with E-state index in [9.17, 15) is 0 Å². The third kappa shape index (κ3) is 3.77. The molecule has 0 amide bonds. The van der Waals surface area contributed by atoms with Crippen LogP contribution < -0.4 is 4.90 Å². The van der Waals surface area contributed by atoms with E-state index in [0.29, 0.717) is 0 Å². The third-order valence-electron chi connectivity index (χ3n) is 7.84. The number of thiophene rings is 1. The second-order valence-electron chi connectivity index (χ2n) is 10.2. The zero-order chi connectivity index (χ0) is 26.5. The standard InChI is InChI=1S/C38H25NS/c1-2-11-29(12-3-1)39(30-20-17-27(18-21-30)33-15-8-10-26-9-4-5-13-32(26)33)31-22-23-34-28(25-31)19-24-37-38(34)35-14-6-7-16-36(35)40-37/h1-25H. The van der Waals surface area contributed by atoms with E-state index in [1.165, 1.54) is 52.8 Å². The predicted octanol–water partition coefficient (Wildman–Crippen LogP) is 11.5. The van der Waals surface area contributed by atoms with Crippen LogP contribution in [0.15, 0.2) is 152 Å². The van der Waals surface area contributed by atoms with E-state index in [1.54, 1.807) is 0 Å². The van der Waals surface area contributed by atoms with E-state index in [4.69, 9.17) is 0 Å². The first-order chi connectivity index (χ1) is 19.8. The number of nitrogens with zero attached hydrogens (tertiary/aromatic N) is 1. The van der Waals surface area contributed by atoms with Gasteiger partial charge in [0.25, 0.3) is 0 Å². The van der Waals surface area contributed by atoms with Crippen molar-refractivity contribution in [3.63, 3.8) is 0 Å². The van der Waals surface area contributed by atoms with Crippen molar-refractivity contribution in [3.05, 3.63) is 152 Å². The fourth-order valence-electron chi connectivity index (χ4n) is 5.97. The molecule has 1 heterocycles. The van der Waals surface area contributed by atoms with Gasteiger partial charge in [0, 0.05) is 37.2 Å². The zero-order valence-corrected chi connectivity index (χ0v) is 22.6. The minimum atomic E-state index is 1.14. The minimum absolute atomic E-state index is 1.14. The van der Waals surface area contributed by atoms with Crippen molar-refractivity contribution in [1.29, 1.82) is 0 Å². The molecule has 188 valence electrons. The molecular formula is C38H25NS. The molecule has 0 aliphatic rings. The maximum absolute atomic E-state index is 2.35. The molecule has 0 N–H and O–H groups in total. The summed E-state index contributed by atoms with van der Waals surface area (Å²) >= 11 is 1.87. The molecule has 1 aromatic heterocycles. The summed E-state index contributed by atoms with van der Waals surface area (Å²) in [7, 11) is 0. The number of para-hydroxylation sites is 1. The van der Waals surface area contributed by atoms with Gasteiger partial charge >= 0.3 is 0 Å². The average Bonchev–Trinajstić information content (AvgIpc) is 3.41. The first-order valence-corrected chi connectivity index (χ1v) is 14.4. The van der Waals surface area contributed by atoms with E-state index in [-0.39, 0.29) is 0 Å². The highest BCUT2D eigenvalue weighted by Crippen LogP contribution is 2.42. The molecular weight excluding hydrogens is 502 g/mol. The number of rotatable bonds is 4. The molecule has 0 aliphatic carbocycles. The average molecular weight is 528 g/mol. The molecule has 1 nitrogen and oxygen atoms in total. The van der Waals surface area contributed by atoms with Gasteiger partial charge in [-0.1, -0.05) is 103 Å². The normalized spacial score (nSPS) is 11.5. The molecule has 0 atom stereocenters. The molecule has 0 unspecified atom stereocenters. The molecule has 8 rings (SSSR count). The SMILES string of the molecule is c1ccc(N(c2ccc(-c3cccc4ccccc34)cc2)c2ccc3c(ccc4sc5ccccc5c43)c2)cc1. The van der Waals surface area contributed by atoms with Gasteiger partial charge in [0.15, 0.2) is 0 Å². The van der Waals surface area contributed by atoms with Crippen LogP contribution in [0.4, 0.5) is 17.1 Å². The van der Waals surface area contributed by atoms with Crippen molar-refractivity contribution in [1.82, 2.24) is 0 Å². The molecule has 2 heteroatoms. The van der Waals surface area contributed by atoms with E-state index in [2.05, 4.69) is 157 Å². The van der Waals surface area contributed by atoms with E-state index >= 15 is 0 Å². The molecule has 0 saturated carbocycles. The minimum Gasteiger partial charge on any atom is -0.310 e. The van der Waals surface area contributed by atoms with Crippen molar-refractivity contribution >= 4 is 70.1 Å². The fraction of sp³-hybridized carbons (Fsp3) is 0. The smallest absolute Gasteiger partial charge is 0.0468 e. The number of fused-ring (bicyclic) bond motifs is 6. The van der Waals surface area contributed by atoms with Crippen LogP contribution in [0.1, 0.15) is 0 Å². The molecule has 40 heavy (non-hydrogen) atoms. The summed E-state index contributed by atoms with van der Waals surface area (Å²) in [6.45, 7) is 0. The quantitative estimate of drug-likeness (QED) is 0.220. The Bertz CT molecular complexity index is 2150. The summed E-state index contributed by atoms with van der Waals surface area (Å²) in [5, 5.41) is 7.79. The number of benzene rings is 7. The van der Waals surface area contributed by atoms with Crippen LogP contribution in [0.5, 0.6) is 0 Å². The van der Waals surface area contributed by atoms with Crippen LogP contribution in [0.3, 0.4) is 0 Å². The first-order valence-electron chi connectivity index (χ1n) is 13.6. The van der Waals surface area contributed by atoms with Crippen molar-refractivity contribution in [2.24, 2.45) is 0 Å². The summed E-state index contributed by atoms with van der Waals surface area (Å²) in [6, 6.07) is 54.9. The van der Waals surface area contributed by atoms with Gasteiger partial charge in [0.1, 0.15) is 0 Å². The Labute approximate surface area is 237 Å². The van der Waals surface area contributed by atoms with E-state index < -0.39 is 0 Å². The van der Waals surface area contributed by atoms with Crippen molar-refractivity contribution in [3.8, 4) is 11.1 Å². The molecule has 0 radical (unpaired) electrons. The highest BCUT2D eigenvalue weighted by atomic mass is 32.1. The Hall–Kier alpha value is -4.92. The molecule has 0 aliphatic heterocycles. The van der Waals surface area contributed by atoms with Gasteiger partial charge in [-0.3, -0.25) is 0 Å². The van der Waals surface area contributed by atoms with Gasteiger partial charge in [0.05, 0.1) is 0 Å². The maximum Gasteiger partial charge on any atom is 0.0468 e. The molecule has 0 spiro atoms. The number of anilines is 3. The van der Waals surface area contributed by atoms with Gasteiger partial charge < -0.3 is 4.90 Å². The Morgan fingerprint density at radius 3 is 1.98 bits per heavy atom. The van der Waals surface area contributed by atoms with Crippen molar-refractivity contribution in [2.45, 2.75) is 0 Å². The summed E-state index contributed by atoms with van der Waals surface area (Å²) in [5.74, 6) is 0. The Morgan fingerprint density at radius 2 is 1.10 bits per heavy atom. The third-order valence-corrected chi connectivity index (χ3v) is 8.98. The lowest BCUT2D eigenvalue weighted by atomic mass is 9.98. The predicted molar refractivity (Wildman–Crippen MR) is 174 cm³/mol. The second-order valence-corrected chi connectivity index (χ2v) is 11.3.